The van der Waals surface area contributed by atoms with E-state index in [0.717, 1.165) is 30.7 Å². The summed E-state index contributed by atoms with van der Waals surface area (Å²) in [6.07, 6.45) is 5.67. The van der Waals surface area contributed by atoms with Crippen molar-refractivity contribution in [2.75, 3.05) is 13.7 Å². The van der Waals surface area contributed by atoms with E-state index in [4.69, 9.17) is 4.74 Å². The third-order valence-electron chi connectivity index (χ3n) is 4.09. The zero-order valence-corrected chi connectivity index (χ0v) is 12.9. The molecule has 2 aromatic heterocycles. The molecule has 22 heavy (non-hydrogen) atoms. The van der Waals surface area contributed by atoms with Crippen LogP contribution >= 0.6 is 0 Å². The highest BCUT2D eigenvalue weighted by Crippen LogP contribution is 2.43. The van der Waals surface area contributed by atoms with E-state index in [9.17, 15) is 8.42 Å². The molecule has 118 valence electrons. The summed E-state index contributed by atoms with van der Waals surface area (Å²) < 4.78 is 32.1. The first kappa shape index (κ1) is 14.9. The van der Waals surface area contributed by atoms with E-state index in [2.05, 4.69) is 25.1 Å². The molecule has 2 N–H and O–H groups in total. The number of aromatic amines is 1. The molecule has 0 atom stereocenters. The Morgan fingerprint density at radius 3 is 2.86 bits per heavy atom. The average Bonchev–Trinajstić information content (AvgIpc) is 3.01. The molecular weight excluding hydrogens is 306 g/mol. The molecule has 1 aliphatic rings. The minimum absolute atomic E-state index is 0.111. The predicted molar refractivity (Wildman–Crippen MR) is 77.9 cm³/mol. The highest BCUT2D eigenvalue weighted by molar-refractivity contribution is 7.89. The fourth-order valence-corrected chi connectivity index (χ4v) is 3.55. The molecule has 8 nitrogen and oxygen atoms in total. The Morgan fingerprint density at radius 1 is 1.45 bits per heavy atom. The number of rotatable bonds is 6. The van der Waals surface area contributed by atoms with Crippen LogP contribution in [0.15, 0.2) is 29.6 Å². The normalized spacial score (nSPS) is 17.0. The average molecular weight is 323 g/mol. The molecule has 0 aliphatic heterocycles. The molecule has 1 saturated carbocycles. The van der Waals surface area contributed by atoms with Gasteiger partial charge in [0.15, 0.2) is 0 Å². The van der Waals surface area contributed by atoms with Gasteiger partial charge in [-0.05, 0) is 18.9 Å². The number of H-pyrrole nitrogens is 1. The number of pyridine rings is 1. The van der Waals surface area contributed by atoms with E-state index in [-0.39, 0.29) is 17.0 Å². The smallest absolute Gasteiger partial charge is 0.261 e. The summed E-state index contributed by atoms with van der Waals surface area (Å²) in [4.78, 5) is 4.40. The maximum Gasteiger partial charge on any atom is 0.261 e. The molecule has 0 bridgehead atoms. The zero-order valence-electron chi connectivity index (χ0n) is 12.1. The molecule has 1 fully saturated rings. The first-order valence-electron chi connectivity index (χ1n) is 6.92. The number of methoxy groups -OCH3 is 1. The van der Waals surface area contributed by atoms with Gasteiger partial charge in [0.05, 0.1) is 19.0 Å². The number of sulfonamides is 1. The monoisotopic (exact) mass is 323 g/mol. The van der Waals surface area contributed by atoms with Gasteiger partial charge in [0, 0.05) is 24.2 Å². The van der Waals surface area contributed by atoms with Gasteiger partial charge in [-0.3, -0.25) is 4.98 Å². The van der Waals surface area contributed by atoms with E-state index in [1.54, 1.807) is 19.4 Å². The number of hydrogen-bond acceptors (Lipinski definition) is 6. The lowest BCUT2D eigenvalue weighted by atomic mass is 9.66. The molecule has 0 aromatic carbocycles. The molecule has 3 rings (SSSR count). The molecule has 0 saturated heterocycles. The molecule has 0 spiro atoms. The minimum atomic E-state index is -3.66. The number of nitrogens with zero attached hydrogens (tertiary/aromatic N) is 3. The van der Waals surface area contributed by atoms with Crippen molar-refractivity contribution in [1.29, 1.82) is 0 Å². The summed E-state index contributed by atoms with van der Waals surface area (Å²) in [5.74, 6) is 0.718. The fraction of sp³-hybridized carbons (Fsp3) is 0.462. The maximum absolute atomic E-state index is 12.2. The lowest BCUT2D eigenvalue weighted by molar-refractivity contribution is 0.237. The van der Waals surface area contributed by atoms with Gasteiger partial charge in [-0.2, -0.15) is 10.3 Å². The van der Waals surface area contributed by atoms with Crippen molar-refractivity contribution in [2.45, 2.75) is 29.7 Å². The van der Waals surface area contributed by atoms with Crippen LogP contribution in [0.5, 0.6) is 5.75 Å². The lowest BCUT2D eigenvalue weighted by Crippen LogP contribution is -2.46. The van der Waals surface area contributed by atoms with Crippen molar-refractivity contribution in [2.24, 2.45) is 0 Å². The zero-order chi connectivity index (χ0) is 15.6. The molecular formula is C13H17N5O3S. The number of hydrogen-bond donors (Lipinski definition) is 2. The first-order valence-corrected chi connectivity index (χ1v) is 8.40. The van der Waals surface area contributed by atoms with Gasteiger partial charge in [0.1, 0.15) is 5.75 Å². The van der Waals surface area contributed by atoms with E-state index >= 15 is 0 Å². The highest BCUT2D eigenvalue weighted by Gasteiger charge is 2.41. The summed E-state index contributed by atoms with van der Waals surface area (Å²) in [5.41, 5.74) is 0.562. The molecule has 0 amide bonds. The van der Waals surface area contributed by atoms with Crippen LogP contribution in [0, 0.1) is 0 Å². The quantitative estimate of drug-likeness (QED) is 0.806. The van der Waals surface area contributed by atoms with Crippen LogP contribution in [-0.2, 0) is 15.4 Å². The Labute approximate surface area is 128 Å². The largest absolute Gasteiger partial charge is 0.497 e. The van der Waals surface area contributed by atoms with Gasteiger partial charge >= 0.3 is 0 Å². The number of aromatic nitrogens is 4. The van der Waals surface area contributed by atoms with E-state index in [1.807, 2.05) is 6.07 Å². The Morgan fingerprint density at radius 2 is 2.27 bits per heavy atom. The summed E-state index contributed by atoms with van der Waals surface area (Å²) in [6, 6.07) is 3.64. The second-order valence-electron chi connectivity index (χ2n) is 5.35. The fourth-order valence-electron chi connectivity index (χ4n) is 2.58. The lowest BCUT2D eigenvalue weighted by Gasteiger charge is -2.41. The van der Waals surface area contributed by atoms with Crippen molar-refractivity contribution in [3.05, 3.63) is 30.2 Å². The van der Waals surface area contributed by atoms with Crippen LogP contribution in [0.25, 0.3) is 0 Å². The van der Waals surface area contributed by atoms with Crippen LogP contribution in [0.1, 0.15) is 25.0 Å². The SMILES string of the molecule is COc1ccnc(C2(CNS(=O)(=O)c3cn[nH]n3)CCC2)c1. The van der Waals surface area contributed by atoms with Gasteiger partial charge in [0.25, 0.3) is 10.0 Å². The van der Waals surface area contributed by atoms with E-state index < -0.39 is 10.0 Å². The first-order chi connectivity index (χ1) is 10.6. The van der Waals surface area contributed by atoms with Crippen molar-refractivity contribution in [3.8, 4) is 5.75 Å². The van der Waals surface area contributed by atoms with Crippen molar-refractivity contribution in [3.63, 3.8) is 0 Å². The van der Waals surface area contributed by atoms with Crippen LogP contribution in [-0.4, -0.2) is 42.5 Å². The Hall–Kier alpha value is -2.00. The maximum atomic E-state index is 12.2. The number of ether oxygens (including phenoxy) is 1. The second-order valence-corrected chi connectivity index (χ2v) is 7.06. The van der Waals surface area contributed by atoms with Gasteiger partial charge in [0.2, 0.25) is 5.03 Å². The van der Waals surface area contributed by atoms with Crippen LogP contribution in [0.4, 0.5) is 0 Å². The highest BCUT2D eigenvalue weighted by atomic mass is 32.2. The third-order valence-corrected chi connectivity index (χ3v) is 5.36. The van der Waals surface area contributed by atoms with Crippen molar-refractivity contribution < 1.29 is 13.2 Å². The predicted octanol–water partition coefficient (Wildman–Crippen LogP) is 0.608. The van der Waals surface area contributed by atoms with Gasteiger partial charge in [-0.1, -0.05) is 6.42 Å². The van der Waals surface area contributed by atoms with E-state index in [1.165, 1.54) is 6.20 Å². The second kappa shape index (κ2) is 5.65. The van der Waals surface area contributed by atoms with Gasteiger partial charge in [-0.25, -0.2) is 13.1 Å². The molecule has 2 heterocycles. The topological polar surface area (TPSA) is 110 Å². The summed E-state index contributed by atoms with van der Waals surface area (Å²) in [7, 11) is -2.07. The minimum Gasteiger partial charge on any atom is -0.497 e. The van der Waals surface area contributed by atoms with E-state index in [0.29, 0.717) is 0 Å². The van der Waals surface area contributed by atoms with Gasteiger partial charge < -0.3 is 4.74 Å². The third kappa shape index (κ3) is 2.69. The Bertz CT molecular complexity index is 741. The summed E-state index contributed by atoms with van der Waals surface area (Å²) >= 11 is 0. The molecule has 0 unspecified atom stereocenters. The van der Waals surface area contributed by atoms with Crippen LogP contribution in [0.3, 0.4) is 0 Å². The molecule has 2 aromatic rings. The van der Waals surface area contributed by atoms with Crippen LogP contribution < -0.4 is 9.46 Å². The summed E-state index contributed by atoms with van der Waals surface area (Å²) in [5, 5.41) is 9.32. The Balaban J connectivity index is 1.80. The Kier molecular flexibility index (Phi) is 3.83. The summed E-state index contributed by atoms with van der Waals surface area (Å²) in [6.45, 7) is 0.280. The molecule has 9 heteroatoms. The van der Waals surface area contributed by atoms with Crippen LogP contribution in [0.2, 0.25) is 0 Å². The van der Waals surface area contributed by atoms with Crippen molar-refractivity contribution in [1.82, 2.24) is 25.1 Å². The van der Waals surface area contributed by atoms with Gasteiger partial charge in [-0.15, -0.1) is 5.10 Å². The van der Waals surface area contributed by atoms with Crippen molar-refractivity contribution >= 4 is 10.0 Å². The number of nitrogens with one attached hydrogen (secondary N) is 2. The standard InChI is InChI=1S/C13H17N5O3S/c1-21-10-3-6-14-11(7-10)13(4-2-5-13)9-16-22(19,20)12-8-15-18-17-12/h3,6-8,16H,2,4-5,9H2,1H3,(H,15,17,18). The molecule has 0 radical (unpaired) electrons. The molecule has 1 aliphatic carbocycles.